The topological polar surface area (TPSA) is 66.8 Å². The number of esters is 1. The van der Waals surface area contributed by atoms with Gasteiger partial charge in [0.05, 0.1) is 19.1 Å². The fourth-order valence-corrected chi connectivity index (χ4v) is 4.75. The normalized spacial score (nSPS) is 18.7. The quantitative estimate of drug-likeness (QED) is 0.321. The molecule has 2 aromatic carbocycles. The molecule has 0 aliphatic carbocycles. The number of allylic oxidation sites excluding steroid dienone is 1. The summed E-state index contributed by atoms with van der Waals surface area (Å²) in [5.74, 6) is 1.99. The van der Waals surface area contributed by atoms with Gasteiger partial charge in [0.2, 0.25) is 5.78 Å². The van der Waals surface area contributed by atoms with Crippen LogP contribution in [-0.2, 0) is 11.8 Å². The van der Waals surface area contributed by atoms with Crippen molar-refractivity contribution < 1.29 is 23.8 Å². The summed E-state index contributed by atoms with van der Waals surface area (Å²) in [6.45, 7) is 4.24. The summed E-state index contributed by atoms with van der Waals surface area (Å²) in [5.41, 5.74) is 3.24. The van der Waals surface area contributed by atoms with E-state index < -0.39 is 0 Å². The lowest BCUT2D eigenvalue weighted by atomic mass is 9.84. The van der Waals surface area contributed by atoms with E-state index in [4.69, 9.17) is 14.2 Å². The van der Waals surface area contributed by atoms with Gasteiger partial charge in [0.1, 0.15) is 17.2 Å². The summed E-state index contributed by atoms with van der Waals surface area (Å²) in [6, 6.07) is 9.26. The molecule has 32 heavy (non-hydrogen) atoms. The molecule has 0 spiro atoms. The van der Waals surface area contributed by atoms with Crippen molar-refractivity contribution in [2.24, 2.45) is 13.0 Å². The number of Topliss-reactive ketones (excluding diaryl/α,β-unsaturated/α-hetero) is 1. The van der Waals surface area contributed by atoms with Gasteiger partial charge in [-0.05, 0) is 48.7 Å². The van der Waals surface area contributed by atoms with Crippen LogP contribution in [0.15, 0.2) is 42.3 Å². The molecule has 164 valence electrons. The fraction of sp³-hybridized carbons (Fsp3) is 0.308. The molecule has 1 atom stereocenters. The maximum atomic E-state index is 13.2. The second kappa shape index (κ2) is 7.55. The van der Waals surface area contributed by atoms with Crippen molar-refractivity contribution in [1.29, 1.82) is 0 Å². The number of hydrogen-bond donors (Lipinski definition) is 0. The van der Waals surface area contributed by atoms with Gasteiger partial charge < -0.3 is 18.8 Å². The number of rotatable bonds is 4. The van der Waals surface area contributed by atoms with E-state index >= 15 is 0 Å². The molecule has 6 heteroatoms. The molecule has 1 aromatic heterocycles. The first-order valence-corrected chi connectivity index (χ1v) is 10.8. The number of ether oxygens (including phenoxy) is 3. The third-order valence-electron chi connectivity index (χ3n) is 6.15. The Balaban J connectivity index is 1.59. The van der Waals surface area contributed by atoms with Crippen molar-refractivity contribution in [2.45, 2.75) is 32.6 Å². The largest absolute Gasteiger partial charge is 0.497 e. The van der Waals surface area contributed by atoms with Gasteiger partial charge in [-0.15, -0.1) is 0 Å². The zero-order valence-corrected chi connectivity index (χ0v) is 18.6. The van der Waals surface area contributed by atoms with Crippen LogP contribution in [0.5, 0.6) is 17.2 Å². The second-order valence-electron chi connectivity index (χ2n) is 8.88. The lowest BCUT2D eigenvalue weighted by Gasteiger charge is -2.27. The Morgan fingerprint density at radius 1 is 1.19 bits per heavy atom. The summed E-state index contributed by atoms with van der Waals surface area (Å²) in [4.78, 5) is 25.3. The van der Waals surface area contributed by atoms with Gasteiger partial charge in [0, 0.05) is 41.2 Å². The van der Waals surface area contributed by atoms with Crippen molar-refractivity contribution in [2.75, 3.05) is 7.11 Å². The molecule has 3 aromatic rings. The first-order chi connectivity index (χ1) is 15.4. The number of nitrogens with zero attached hydrogens (tertiary/aromatic N) is 1. The van der Waals surface area contributed by atoms with Crippen LogP contribution in [0.25, 0.3) is 17.0 Å². The smallest absolute Gasteiger partial charge is 0.311 e. The number of aromatic nitrogens is 1. The van der Waals surface area contributed by atoms with Crippen molar-refractivity contribution in [1.82, 2.24) is 4.57 Å². The van der Waals surface area contributed by atoms with Gasteiger partial charge in [-0.25, -0.2) is 0 Å². The lowest BCUT2D eigenvalue weighted by molar-refractivity contribution is -0.136. The van der Waals surface area contributed by atoms with Crippen molar-refractivity contribution in [3.63, 3.8) is 0 Å². The highest BCUT2D eigenvalue weighted by atomic mass is 16.5. The molecule has 0 fully saturated rings. The maximum absolute atomic E-state index is 13.2. The van der Waals surface area contributed by atoms with Gasteiger partial charge in [0.25, 0.3) is 0 Å². The Hall–Kier alpha value is -3.54. The Morgan fingerprint density at radius 3 is 2.75 bits per heavy atom. The van der Waals surface area contributed by atoms with Gasteiger partial charge in [-0.1, -0.05) is 13.8 Å². The van der Waals surface area contributed by atoms with Crippen molar-refractivity contribution >= 4 is 28.7 Å². The molecular formula is C26H25NO5. The number of fused-ring (bicyclic) bond motifs is 4. The molecule has 2 aliphatic heterocycles. The average molecular weight is 431 g/mol. The maximum Gasteiger partial charge on any atom is 0.311 e. The zero-order valence-electron chi connectivity index (χ0n) is 18.6. The minimum absolute atomic E-state index is 0.0323. The highest BCUT2D eigenvalue weighted by molar-refractivity contribution is 6.15. The molecule has 0 saturated carbocycles. The number of methoxy groups -OCH3 is 1. The van der Waals surface area contributed by atoms with E-state index in [2.05, 4.69) is 13.8 Å². The fourth-order valence-electron chi connectivity index (χ4n) is 4.75. The zero-order chi connectivity index (χ0) is 22.6. The monoisotopic (exact) mass is 431 g/mol. The van der Waals surface area contributed by atoms with Crippen LogP contribution in [0.2, 0.25) is 0 Å². The molecule has 1 unspecified atom stereocenters. The van der Waals surface area contributed by atoms with Crippen LogP contribution in [0.4, 0.5) is 0 Å². The molecule has 0 radical (unpaired) electrons. The van der Waals surface area contributed by atoms with Crippen LogP contribution >= 0.6 is 0 Å². The summed E-state index contributed by atoms with van der Waals surface area (Å²) in [6.07, 6.45) is 4.86. The number of aryl methyl sites for hydroxylation is 1. The molecule has 0 N–H and O–H groups in total. The van der Waals surface area contributed by atoms with E-state index in [0.717, 1.165) is 34.2 Å². The first kappa shape index (κ1) is 20.4. The minimum Gasteiger partial charge on any atom is -0.497 e. The van der Waals surface area contributed by atoms with Crippen LogP contribution in [0.3, 0.4) is 0 Å². The summed E-state index contributed by atoms with van der Waals surface area (Å²) < 4.78 is 19.0. The van der Waals surface area contributed by atoms with E-state index in [1.54, 1.807) is 25.3 Å². The number of carbonyl (C=O) groups is 2. The Bertz CT molecular complexity index is 1300. The summed E-state index contributed by atoms with van der Waals surface area (Å²) in [5, 5.41) is 0.973. The van der Waals surface area contributed by atoms with Gasteiger partial charge in [-0.2, -0.15) is 0 Å². The van der Waals surface area contributed by atoms with E-state index in [9.17, 15) is 9.59 Å². The van der Waals surface area contributed by atoms with Gasteiger partial charge in [-0.3, -0.25) is 9.59 Å². The third-order valence-corrected chi connectivity index (χ3v) is 6.15. The van der Waals surface area contributed by atoms with Gasteiger partial charge >= 0.3 is 5.97 Å². The van der Waals surface area contributed by atoms with E-state index in [-0.39, 0.29) is 23.4 Å². The Labute approximate surface area is 186 Å². The van der Waals surface area contributed by atoms with Crippen molar-refractivity contribution in [3.8, 4) is 17.2 Å². The SMILES string of the molecule is COc1ccc2c(c1)c(/C=C1\Oc3c(ccc4c3C(CC(C)C)CC(=O)O4)C1=O)cn2C. The standard InChI is InChI=1S/C26H25NO5/c1-14(2)9-15-11-23(28)31-21-8-6-18-25(29)22(32-26(18)24(15)21)10-16-13-27(3)20-7-5-17(30-4)12-19(16)20/h5-8,10,12-15H,9,11H2,1-4H3/b22-10-. The number of ketones is 1. The predicted molar refractivity (Wildman–Crippen MR) is 121 cm³/mol. The average Bonchev–Trinajstić information content (AvgIpc) is 3.23. The summed E-state index contributed by atoms with van der Waals surface area (Å²) >= 11 is 0. The minimum atomic E-state index is -0.243. The molecule has 3 heterocycles. The van der Waals surface area contributed by atoms with E-state index in [1.807, 2.05) is 36.0 Å². The highest BCUT2D eigenvalue weighted by Gasteiger charge is 2.38. The third kappa shape index (κ3) is 3.27. The molecule has 6 nitrogen and oxygen atoms in total. The molecule has 2 aliphatic rings. The predicted octanol–water partition coefficient (Wildman–Crippen LogP) is 5.24. The van der Waals surface area contributed by atoms with Crippen LogP contribution in [0, 0.1) is 5.92 Å². The molecule has 0 saturated heterocycles. The van der Waals surface area contributed by atoms with Crippen LogP contribution in [-0.4, -0.2) is 23.4 Å². The van der Waals surface area contributed by atoms with Crippen LogP contribution in [0.1, 0.15) is 54.1 Å². The lowest BCUT2D eigenvalue weighted by Crippen LogP contribution is -2.21. The van der Waals surface area contributed by atoms with Crippen LogP contribution < -0.4 is 14.2 Å². The van der Waals surface area contributed by atoms with E-state index in [1.165, 1.54) is 0 Å². The Kier molecular flexibility index (Phi) is 4.81. The molecular weight excluding hydrogens is 406 g/mol. The van der Waals surface area contributed by atoms with E-state index in [0.29, 0.717) is 29.4 Å². The first-order valence-electron chi connectivity index (χ1n) is 10.8. The molecule has 5 rings (SSSR count). The number of carbonyl (C=O) groups excluding carboxylic acids is 2. The van der Waals surface area contributed by atoms with Crippen molar-refractivity contribution in [3.05, 3.63) is 59.0 Å². The van der Waals surface area contributed by atoms with Gasteiger partial charge in [0.15, 0.2) is 5.76 Å². The number of benzene rings is 2. The second-order valence-corrected chi connectivity index (χ2v) is 8.88. The Morgan fingerprint density at radius 2 is 2.00 bits per heavy atom. The molecule has 0 amide bonds. The molecule has 0 bridgehead atoms. The number of hydrogen-bond acceptors (Lipinski definition) is 5. The highest BCUT2D eigenvalue weighted by Crippen LogP contribution is 2.48. The summed E-state index contributed by atoms with van der Waals surface area (Å²) in [7, 11) is 3.59.